The number of rotatable bonds is 3. The fourth-order valence-corrected chi connectivity index (χ4v) is 2.53. The van der Waals surface area contributed by atoms with Gasteiger partial charge in [-0.2, -0.15) is 0 Å². The van der Waals surface area contributed by atoms with Gasteiger partial charge in [0, 0.05) is 17.7 Å². The Kier molecular flexibility index (Phi) is 3.30. The standard InChI is InChI=1S/C16H18N2O2/c1-10(2)9-17-16(19)14-13-8-7-11-5-3-4-6-12(11)15(13)20-18-14/h3-6,10H,7-9H2,1-2H3,(H,17,19). The van der Waals surface area contributed by atoms with Crippen LogP contribution in [0, 0.1) is 5.92 Å². The topological polar surface area (TPSA) is 55.1 Å². The minimum absolute atomic E-state index is 0.136. The van der Waals surface area contributed by atoms with Gasteiger partial charge in [-0.15, -0.1) is 0 Å². The van der Waals surface area contributed by atoms with Gasteiger partial charge in [-0.25, -0.2) is 0 Å². The van der Waals surface area contributed by atoms with E-state index in [1.807, 2.05) is 18.2 Å². The van der Waals surface area contributed by atoms with E-state index in [-0.39, 0.29) is 5.91 Å². The molecule has 0 radical (unpaired) electrons. The Morgan fingerprint density at radius 1 is 1.35 bits per heavy atom. The molecule has 2 aromatic rings. The minimum Gasteiger partial charge on any atom is -0.355 e. The van der Waals surface area contributed by atoms with E-state index in [4.69, 9.17) is 4.52 Å². The highest BCUT2D eigenvalue weighted by Gasteiger charge is 2.27. The molecule has 1 heterocycles. The van der Waals surface area contributed by atoms with Crippen molar-refractivity contribution >= 4 is 5.91 Å². The monoisotopic (exact) mass is 270 g/mol. The number of benzene rings is 1. The minimum atomic E-state index is -0.136. The quantitative estimate of drug-likeness (QED) is 0.933. The van der Waals surface area contributed by atoms with Crippen LogP contribution in [0.4, 0.5) is 0 Å². The molecule has 0 saturated heterocycles. The molecule has 1 aromatic carbocycles. The van der Waals surface area contributed by atoms with Crippen molar-refractivity contribution in [3.63, 3.8) is 0 Å². The lowest BCUT2D eigenvalue weighted by Crippen LogP contribution is -2.28. The molecule has 20 heavy (non-hydrogen) atoms. The van der Waals surface area contributed by atoms with E-state index in [1.54, 1.807) is 0 Å². The van der Waals surface area contributed by atoms with Gasteiger partial charge in [0.2, 0.25) is 0 Å². The number of fused-ring (bicyclic) bond motifs is 3. The van der Waals surface area contributed by atoms with Gasteiger partial charge in [-0.05, 0) is 24.3 Å². The lowest BCUT2D eigenvalue weighted by Gasteiger charge is -2.14. The van der Waals surface area contributed by atoms with E-state index in [1.165, 1.54) is 5.56 Å². The van der Waals surface area contributed by atoms with E-state index in [2.05, 4.69) is 30.4 Å². The molecule has 1 aliphatic carbocycles. The molecule has 4 nitrogen and oxygen atoms in total. The van der Waals surface area contributed by atoms with Gasteiger partial charge in [-0.1, -0.05) is 43.3 Å². The van der Waals surface area contributed by atoms with Crippen LogP contribution in [0.1, 0.15) is 35.5 Å². The van der Waals surface area contributed by atoms with Gasteiger partial charge in [0.25, 0.3) is 5.91 Å². The highest BCUT2D eigenvalue weighted by atomic mass is 16.5. The molecule has 104 valence electrons. The smallest absolute Gasteiger partial charge is 0.273 e. The summed E-state index contributed by atoms with van der Waals surface area (Å²) < 4.78 is 5.43. The number of nitrogens with zero attached hydrogens (tertiary/aromatic N) is 1. The molecule has 0 fully saturated rings. The first kappa shape index (κ1) is 12.9. The molecule has 0 unspecified atom stereocenters. The maximum Gasteiger partial charge on any atom is 0.273 e. The summed E-state index contributed by atoms with van der Waals surface area (Å²) in [5.74, 6) is 1.03. The van der Waals surface area contributed by atoms with Gasteiger partial charge >= 0.3 is 0 Å². The molecule has 0 bridgehead atoms. The SMILES string of the molecule is CC(C)CNC(=O)c1noc2c1CCc1ccccc1-2. The maximum absolute atomic E-state index is 12.2. The Bertz CT molecular complexity index is 644. The van der Waals surface area contributed by atoms with Crippen molar-refractivity contribution in [2.24, 2.45) is 5.92 Å². The van der Waals surface area contributed by atoms with Crippen LogP contribution in [-0.2, 0) is 12.8 Å². The van der Waals surface area contributed by atoms with Crippen molar-refractivity contribution in [3.8, 4) is 11.3 Å². The fourth-order valence-electron chi connectivity index (χ4n) is 2.53. The summed E-state index contributed by atoms with van der Waals surface area (Å²) in [4.78, 5) is 12.2. The van der Waals surface area contributed by atoms with Crippen LogP contribution < -0.4 is 5.32 Å². The Morgan fingerprint density at radius 3 is 2.95 bits per heavy atom. The normalized spacial score (nSPS) is 12.9. The first-order valence-electron chi connectivity index (χ1n) is 7.02. The van der Waals surface area contributed by atoms with Crippen molar-refractivity contribution in [2.75, 3.05) is 6.54 Å². The van der Waals surface area contributed by atoms with Gasteiger partial charge < -0.3 is 9.84 Å². The van der Waals surface area contributed by atoms with Crippen LogP contribution in [0.3, 0.4) is 0 Å². The molecule has 0 atom stereocenters. The zero-order valence-electron chi connectivity index (χ0n) is 11.8. The third kappa shape index (κ3) is 2.22. The summed E-state index contributed by atoms with van der Waals surface area (Å²) in [6.07, 6.45) is 1.73. The van der Waals surface area contributed by atoms with Crippen LogP contribution in [0.5, 0.6) is 0 Å². The Balaban J connectivity index is 1.91. The zero-order chi connectivity index (χ0) is 14.1. The fraction of sp³-hybridized carbons (Fsp3) is 0.375. The highest BCUT2D eigenvalue weighted by molar-refractivity contribution is 5.95. The van der Waals surface area contributed by atoms with E-state index < -0.39 is 0 Å². The molecular weight excluding hydrogens is 252 g/mol. The predicted molar refractivity (Wildman–Crippen MR) is 76.5 cm³/mol. The van der Waals surface area contributed by atoms with Crippen molar-refractivity contribution < 1.29 is 9.32 Å². The molecule has 1 amide bonds. The molecule has 0 aliphatic heterocycles. The second-order valence-corrected chi connectivity index (χ2v) is 5.60. The average molecular weight is 270 g/mol. The number of aromatic nitrogens is 1. The van der Waals surface area contributed by atoms with Crippen LogP contribution in [0.25, 0.3) is 11.3 Å². The summed E-state index contributed by atoms with van der Waals surface area (Å²) in [6, 6.07) is 8.12. The van der Waals surface area contributed by atoms with Gasteiger partial charge in [0.1, 0.15) is 0 Å². The summed E-state index contributed by atoms with van der Waals surface area (Å²) in [6.45, 7) is 4.78. The van der Waals surface area contributed by atoms with Crippen molar-refractivity contribution in [1.82, 2.24) is 10.5 Å². The first-order valence-corrected chi connectivity index (χ1v) is 7.02. The molecule has 4 heteroatoms. The van der Waals surface area contributed by atoms with Crippen molar-refractivity contribution in [1.29, 1.82) is 0 Å². The molecule has 3 rings (SSSR count). The van der Waals surface area contributed by atoms with Crippen molar-refractivity contribution in [3.05, 3.63) is 41.1 Å². The third-order valence-electron chi connectivity index (χ3n) is 3.58. The zero-order valence-corrected chi connectivity index (χ0v) is 11.8. The molecule has 0 saturated carbocycles. The van der Waals surface area contributed by atoms with Crippen molar-refractivity contribution in [2.45, 2.75) is 26.7 Å². The first-order chi connectivity index (χ1) is 9.66. The number of carbonyl (C=O) groups excluding carboxylic acids is 1. The largest absolute Gasteiger partial charge is 0.355 e. The number of hydrogen-bond acceptors (Lipinski definition) is 3. The number of aryl methyl sites for hydroxylation is 1. The average Bonchev–Trinajstić information content (AvgIpc) is 2.89. The molecular formula is C16H18N2O2. The van der Waals surface area contributed by atoms with Gasteiger partial charge in [-0.3, -0.25) is 4.79 Å². The Morgan fingerprint density at radius 2 is 2.15 bits per heavy atom. The number of carbonyl (C=O) groups is 1. The summed E-state index contributed by atoms with van der Waals surface area (Å²) in [7, 11) is 0. The van der Waals surface area contributed by atoms with Gasteiger partial charge in [0.05, 0.1) is 0 Å². The lowest BCUT2D eigenvalue weighted by molar-refractivity contribution is 0.0939. The van der Waals surface area contributed by atoms with Crippen LogP contribution in [0.2, 0.25) is 0 Å². The molecule has 1 N–H and O–H groups in total. The van der Waals surface area contributed by atoms with E-state index in [0.29, 0.717) is 18.2 Å². The van der Waals surface area contributed by atoms with E-state index >= 15 is 0 Å². The maximum atomic E-state index is 12.2. The Labute approximate surface area is 118 Å². The summed E-state index contributed by atoms with van der Waals surface area (Å²) in [5.41, 5.74) is 3.69. The number of hydrogen-bond donors (Lipinski definition) is 1. The highest BCUT2D eigenvalue weighted by Crippen LogP contribution is 2.34. The van der Waals surface area contributed by atoms with Gasteiger partial charge in [0.15, 0.2) is 11.5 Å². The number of amides is 1. The van der Waals surface area contributed by atoms with E-state index in [0.717, 1.165) is 29.7 Å². The second-order valence-electron chi connectivity index (χ2n) is 5.60. The predicted octanol–water partition coefficient (Wildman–Crippen LogP) is 2.83. The van der Waals surface area contributed by atoms with Crippen LogP contribution >= 0.6 is 0 Å². The lowest BCUT2D eigenvalue weighted by atomic mass is 9.89. The molecule has 0 spiro atoms. The molecule has 1 aromatic heterocycles. The summed E-state index contributed by atoms with van der Waals surface area (Å²) >= 11 is 0. The van der Waals surface area contributed by atoms with Crippen LogP contribution in [0.15, 0.2) is 28.8 Å². The molecule has 1 aliphatic rings. The second kappa shape index (κ2) is 5.12. The van der Waals surface area contributed by atoms with E-state index in [9.17, 15) is 4.79 Å². The van der Waals surface area contributed by atoms with Crippen LogP contribution in [-0.4, -0.2) is 17.6 Å². The Hall–Kier alpha value is -2.10. The summed E-state index contributed by atoms with van der Waals surface area (Å²) in [5, 5.41) is 6.88. The number of nitrogens with one attached hydrogen (secondary N) is 1. The third-order valence-corrected chi connectivity index (χ3v) is 3.58.